The molecule has 1 N–H and O–H groups in total. The minimum Gasteiger partial charge on any atom is -0.497 e. The van der Waals surface area contributed by atoms with E-state index in [1.54, 1.807) is 31.6 Å². The van der Waals surface area contributed by atoms with Crippen molar-refractivity contribution in [2.75, 3.05) is 12.4 Å². The summed E-state index contributed by atoms with van der Waals surface area (Å²) in [5.41, 5.74) is 1.64. The van der Waals surface area contributed by atoms with Gasteiger partial charge >= 0.3 is 5.97 Å². The summed E-state index contributed by atoms with van der Waals surface area (Å²) in [5, 5.41) is 3.27. The number of Topliss-reactive ketones (excluding diaryl/α,β-unsaturated/α-hetero) is 1. The fraction of sp³-hybridized carbons (Fsp3) is 0.393. The van der Waals surface area contributed by atoms with Crippen LogP contribution in [0.15, 0.2) is 60.9 Å². The molecule has 3 aromatic rings. The zero-order valence-electron chi connectivity index (χ0n) is 21.5. The van der Waals surface area contributed by atoms with Crippen LogP contribution in [0.5, 0.6) is 5.75 Å². The Balaban J connectivity index is 2.14. The Kier molecular flexibility index (Phi) is 7.99. The Morgan fingerprint density at radius 2 is 1.74 bits per heavy atom. The number of imidazole rings is 1. The van der Waals surface area contributed by atoms with E-state index in [9.17, 15) is 9.59 Å². The Morgan fingerprint density at radius 3 is 2.31 bits per heavy atom. The standard InChI is InChI=1S/C28H35N3O4/c1-18(2)31-16-15-29-26(31)25(32)23(20-10-8-9-19(3)17-20)24(27(33)35-28(4,5)6)30-21-11-13-22(34-7)14-12-21/h8-18,23-24,30H,1-7H3/t23-,24-/m0/s1. The molecule has 0 saturated carbocycles. The van der Waals surface area contributed by atoms with Gasteiger partial charge in [-0.1, -0.05) is 29.8 Å². The van der Waals surface area contributed by atoms with E-state index in [1.807, 2.05) is 82.5 Å². The molecule has 0 amide bonds. The molecule has 0 spiro atoms. The van der Waals surface area contributed by atoms with E-state index < -0.39 is 23.5 Å². The number of aromatic nitrogens is 2. The second kappa shape index (κ2) is 10.8. The summed E-state index contributed by atoms with van der Waals surface area (Å²) < 4.78 is 12.9. The number of nitrogens with one attached hydrogen (secondary N) is 1. The molecule has 2 atom stereocenters. The van der Waals surface area contributed by atoms with E-state index in [0.29, 0.717) is 22.8 Å². The minimum absolute atomic E-state index is 0.0316. The Labute approximate surface area is 207 Å². The molecule has 0 aliphatic heterocycles. The lowest BCUT2D eigenvalue weighted by Gasteiger charge is -2.30. The topological polar surface area (TPSA) is 82.4 Å². The third-order valence-electron chi connectivity index (χ3n) is 5.54. The van der Waals surface area contributed by atoms with Gasteiger partial charge in [-0.05, 0) is 71.4 Å². The molecule has 7 nitrogen and oxygen atoms in total. The van der Waals surface area contributed by atoms with Gasteiger partial charge in [0.2, 0.25) is 5.78 Å². The number of hydrogen-bond acceptors (Lipinski definition) is 6. The van der Waals surface area contributed by atoms with Crippen molar-refractivity contribution < 1.29 is 19.1 Å². The zero-order valence-corrected chi connectivity index (χ0v) is 21.5. The number of esters is 1. The van der Waals surface area contributed by atoms with Gasteiger partial charge in [0, 0.05) is 24.1 Å². The summed E-state index contributed by atoms with van der Waals surface area (Å²) in [7, 11) is 1.59. The number of ketones is 1. The highest BCUT2D eigenvalue weighted by Crippen LogP contribution is 2.30. The van der Waals surface area contributed by atoms with Gasteiger partial charge in [0.25, 0.3) is 0 Å². The molecule has 0 saturated heterocycles. The average molecular weight is 478 g/mol. The van der Waals surface area contributed by atoms with Crippen LogP contribution in [-0.2, 0) is 9.53 Å². The molecule has 186 valence electrons. The van der Waals surface area contributed by atoms with Crippen molar-refractivity contribution in [1.29, 1.82) is 0 Å². The van der Waals surface area contributed by atoms with Gasteiger partial charge in [-0.2, -0.15) is 0 Å². The Hall–Kier alpha value is -3.61. The first-order valence-corrected chi connectivity index (χ1v) is 11.8. The summed E-state index contributed by atoms with van der Waals surface area (Å²) in [6.45, 7) is 11.4. The molecule has 0 aliphatic carbocycles. The Morgan fingerprint density at radius 1 is 1.06 bits per heavy atom. The number of carbonyl (C=O) groups is 2. The van der Waals surface area contributed by atoms with Crippen molar-refractivity contribution in [1.82, 2.24) is 9.55 Å². The normalized spacial score (nSPS) is 13.3. The van der Waals surface area contributed by atoms with Gasteiger partial charge in [0.15, 0.2) is 5.82 Å². The molecule has 2 aromatic carbocycles. The van der Waals surface area contributed by atoms with E-state index in [2.05, 4.69) is 10.3 Å². The molecule has 35 heavy (non-hydrogen) atoms. The van der Waals surface area contributed by atoms with Crippen molar-refractivity contribution in [2.45, 2.75) is 65.1 Å². The molecule has 0 unspecified atom stereocenters. The van der Waals surface area contributed by atoms with E-state index in [4.69, 9.17) is 9.47 Å². The van der Waals surface area contributed by atoms with Gasteiger partial charge in [-0.3, -0.25) is 4.79 Å². The van der Waals surface area contributed by atoms with Crippen LogP contribution in [0, 0.1) is 6.92 Å². The second-order valence-electron chi connectivity index (χ2n) is 9.89. The predicted octanol–water partition coefficient (Wildman–Crippen LogP) is 5.57. The number of aryl methyl sites for hydroxylation is 1. The minimum atomic E-state index is -0.991. The molecule has 1 heterocycles. The SMILES string of the molecule is COc1ccc(N[C@H](C(=O)OC(C)(C)C)[C@@H](C(=O)c2nccn2C(C)C)c2cccc(C)c2)cc1. The molecular formula is C28H35N3O4. The molecule has 0 radical (unpaired) electrons. The molecule has 0 aliphatic rings. The molecule has 7 heteroatoms. The largest absolute Gasteiger partial charge is 0.497 e. The first-order chi connectivity index (χ1) is 16.5. The number of methoxy groups -OCH3 is 1. The highest BCUT2D eigenvalue weighted by atomic mass is 16.6. The van der Waals surface area contributed by atoms with E-state index in [-0.39, 0.29) is 11.8 Å². The van der Waals surface area contributed by atoms with Crippen LogP contribution in [0.1, 0.15) is 68.3 Å². The lowest BCUT2D eigenvalue weighted by atomic mass is 9.85. The van der Waals surface area contributed by atoms with E-state index >= 15 is 0 Å². The highest BCUT2D eigenvalue weighted by molar-refractivity contribution is 6.03. The van der Waals surface area contributed by atoms with Gasteiger partial charge in [-0.25, -0.2) is 9.78 Å². The summed E-state index contributed by atoms with van der Waals surface area (Å²) in [5.74, 6) is -0.653. The predicted molar refractivity (Wildman–Crippen MR) is 137 cm³/mol. The van der Waals surface area contributed by atoms with E-state index in [0.717, 1.165) is 5.56 Å². The van der Waals surface area contributed by atoms with Gasteiger partial charge < -0.3 is 19.4 Å². The number of rotatable bonds is 9. The van der Waals surface area contributed by atoms with Crippen LogP contribution in [0.4, 0.5) is 5.69 Å². The first kappa shape index (κ1) is 26.0. The van der Waals surface area contributed by atoms with Crippen molar-refractivity contribution in [3.8, 4) is 5.75 Å². The summed E-state index contributed by atoms with van der Waals surface area (Å²) in [6, 6.07) is 13.9. The van der Waals surface area contributed by atoms with Gasteiger partial charge in [-0.15, -0.1) is 0 Å². The van der Waals surface area contributed by atoms with Crippen LogP contribution in [0.3, 0.4) is 0 Å². The average Bonchev–Trinajstić information content (AvgIpc) is 3.28. The number of hydrogen-bond donors (Lipinski definition) is 1. The maximum atomic E-state index is 14.1. The van der Waals surface area contributed by atoms with Crippen LogP contribution >= 0.6 is 0 Å². The number of benzene rings is 2. The Bertz CT molecular complexity index is 1160. The highest BCUT2D eigenvalue weighted by Gasteiger charge is 2.40. The third kappa shape index (κ3) is 6.50. The third-order valence-corrected chi connectivity index (χ3v) is 5.54. The van der Waals surface area contributed by atoms with Crippen molar-refractivity contribution in [2.24, 2.45) is 0 Å². The monoisotopic (exact) mass is 477 g/mol. The number of carbonyl (C=O) groups excluding carboxylic acids is 2. The lowest BCUT2D eigenvalue weighted by molar-refractivity contribution is -0.156. The lowest BCUT2D eigenvalue weighted by Crippen LogP contribution is -2.44. The van der Waals surface area contributed by atoms with Gasteiger partial charge in [0.05, 0.1) is 13.0 Å². The summed E-state index contributed by atoms with van der Waals surface area (Å²) in [4.78, 5) is 32.1. The van der Waals surface area contributed by atoms with Crippen molar-refractivity contribution in [3.63, 3.8) is 0 Å². The number of nitrogens with zero attached hydrogens (tertiary/aromatic N) is 2. The molecule has 0 bridgehead atoms. The number of anilines is 1. The summed E-state index contributed by atoms with van der Waals surface area (Å²) >= 11 is 0. The van der Waals surface area contributed by atoms with Gasteiger partial charge in [0.1, 0.15) is 17.4 Å². The summed E-state index contributed by atoms with van der Waals surface area (Å²) in [6.07, 6.45) is 3.39. The maximum absolute atomic E-state index is 14.1. The first-order valence-electron chi connectivity index (χ1n) is 11.8. The van der Waals surface area contributed by atoms with E-state index in [1.165, 1.54) is 0 Å². The fourth-order valence-corrected chi connectivity index (χ4v) is 3.93. The number of ether oxygens (including phenoxy) is 2. The van der Waals surface area contributed by atoms with Crippen LogP contribution in [0.25, 0.3) is 0 Å². The molecule has 1 aromatic heterocycles. The van der Waals surface area contributed by atoms with Crippen molar-refractivity contribution in [3.05, 3.63) is 77.9 Å². The maximum Gasteiger partial charge on any atom is 0.330 e. The van der Waals surface area contributed by atoms with Crippen LogP contribution in [-0.4, -0.2) is 40.1 Å². The van der Waals surface area contributed by atoms with Crippen LogP contribution < -0.4 is 10.1 Å². The smallest absolute Gasteiger partial charge is 0.330 e. The zero-order chi connectivity index (χ0) is 25.8. The quantitative estimate of drug-likeness (QED) is 0.320. The van der Waals surface area contributed by atoms with Crippen molar-refractivity contribution >= 4 is 17.4 Å². The second-order valence-corrected chi connectivity index (χ2v) is 9.89. The molecule has 0 fully saturated rings. The fourth-order valence-electron chi connectivity index (χ4n) is 3.93. The van der Waals surface area contributed by atoms with Crippen LogP contribution in [0.2, 0.25) is 0 Å². The molecule has 3 rings (SSSR count). The molecular weight excluding hydrogens is 442 g/mol.